The fraction of sp³-hybridized carbons (Fsp3) is 0.263. The highest BCUT2D eigenvalue weighted by Crippen LogP contribution is 2.24. The summed E-state index contributed by atoms with van der Waals surface area (Å²) < 4.78 is 0. The molecule has 0 aromatic heterocycles. The number of phenolic OH excluding ortho intramolecular Hbond substituents is 1. The van der Waals surface area contributed by atoms with Gasteiger partial charge in [0.2, 0.25) is 11.8 Å². The highest BCUT2D eigenvalue weighted by Gasteiger charge is 2.14. The van der Waals surface area contributed by atoms with Crippen LogP contribution in [-0.2, 0) is 16.0 Å². The molecular weight excluding hydrogens is 336 g/mol. The number of amides is 2. The van der Waals surface area contributed by atoms with Gasteiger partial charge in [-0.1, -0.05) is 30.3 Å². The molecule has 5 nitrogen and oxygen atoms in total. The second-order valence-electron chi connectivity index (χ2n) is 5.63. The molecule has 0 fully saturated rings. The zero-order valence-corrected chi connectivity index (χ0v) is 15.2. The molecule has 0 unspecified atom stereocenters. The molecule has 132 valence electrons. The van der Waals surface area contributed by atoms with Crippen LogP contribution in [0.1, 0.15) is 12.0 Å². The molecule has 25 heavy (non-hydrogen) atoms. The molecule has 2 aromatic rings. The van der Waals surface area contributed by atoms with Crippen LogP contribution >= 0.6 is 11.8 Å². The Balaban J connectivity index is 1.86. The minimum absolute atomic E-state index is 0.0116. The molecule has 0 aliphatic rings. The summed E-state index contributed by atoms with van der Waals surface area (Å²) >= 11 is 1.55. The number of nitrogens with one attached hydrogen (secondary N) is 1. The summed E-state index contributed by atoms with van der Waals surface area (Å²) in [7, 11) is 1.60. The van der Waals surface area contributed by atoms with E-state index < -0.39 is 0 Å². The Hall–Kier alpha value is -2.47. The number of phenols is 1. The molecule has 0 spiro atoms. The standard InChI is InChI=1S/C19H22N2O3S/c1-21(19(24)12-11-14-7-3-5-9-16(14)22)13-18(23)20-15-8-4-6-10-17(15)25-2/h3-10,22H,11-13H2,1-2H3,(H,20,23). The smallest absolute Gasteiger partial charge is 0.244 e. The maximum Gasteiger partial charge on any atom is 0.244 e. The van der Waals surface area contributed by atoms with Crippen LogP contribution in [0.5, 0.6) is 5.75 Å². The lowest BCUT2D eigenvalue weighted by atomic mass is 10.1. The van der Waals surface area contributed by atoms with Crippen LogP contribution in [0.15, 0.2) is 53.4 Å². The van der Waals surface area contributed by atoms with Gasteiger partial charge in [0.15, 0.2) is 0 Å². The SMILES string of the molecule is CSc1ccccc1NC(=O)CN(C)C(=O)CCc1ccccc1O. The highest BCUT2D eigenvalue weighted by atomic mass is 32.2. The zero-order valence-electron chi connectivity index (χ0n) is 14.4. The lowest BCUT2D eigenvalue weighted by Crippen LogP contribution is -2.35. The predicted molar refractivity (Wildman–Crippen MR) is 101 cm³/mol. The van der Waals surface area contributed by atoms with Crippen LogP contribution in [0.2, 0.25) is 0 Å². The van der Waals surface area contributed by atoms with Crippen LogP contribution in [0.25, 0.3) is 0 Å². The minimum atomic E-state index is -0.236. The third-order valence-corrected chi connectivity index (χ3v) is 4.58. The first-order valence-corrected chi connectivity index (χ1v) is 9.17. The summed E-state index contributed by atoms with van der Waals surface area (Å²) in [5.41, 5.74) is 1.47. The second kappa shape index (κ2) is 9.13. The maximum atomic E-state index is 12.2. The van der Waals surface area contributed by atoms with Crippen LogP contribution in [0.3, 0.4) is 0 Å². The number of benzene rings is 2. The number of carbonyl (C=O) groups excluding carboxylic acids is 2. The topological polar surface area (TPSA) is 69.6 Å². The number of aryl methyl sites for hydroxylation is 1. The number of para-hydroxylation sites is 2. The van der Waals surface area contributed by atoms with Crippen molar-refractivity contribution >= 4 is 29.3 Å². The van der Waals surface area contributed by atoms with Gasteiger partial charge in [-0.05, 0) is 36.4 Å². The van der Waals surface area contributed by atoms with Crippen molar-refractivity contribution in [2.45, 2.75) is 17.7 Å². The molecule has 0 bridgehead atoms. The molecule has 2 aromatic carbocycles. The second-order valence-corrected chi connectivity index (χ2v) is 6.48. The van der Waals surface area contributed by atoms with Crippen LogP contribution in [0, 0.1) is 0 Å². The van der Waals surface area contributed by atoms with Gasteiger partial charge in [0, 0.05) is 18.4 Å². The Morgan fingerprint density at radius 2 is 1.80 bits per heavy atom. The fourth-order valence-corrected chi connectivity index (χ4v) is 2.95. The largest absolute Gasteiger partial charge is 0.508 e. The van der Waals surface area contributed by atoms with Gasteiger partial charge in [-0.15, -0.1) is 11.8 Å². The molecule has 0 atom stereocenters. The van der Waals surface area contributed by atoms with Gasteiger partial charge >= 0.3 is 0 Å². The summed E-state index contributed by atoms with van der Waals surface area (Å²) in [6, 6.07) is 14.5. The summed E-state index contributed by atoms with van der Waals surface area (Å²) in [6.07, 6.45) is 2.62. The third-order valence-electron chi connectivity index (χ3n) is 3.79. The van der Waals surface area contributed by atoms with Crippen molar-refractivity contribution in [3.05, 3.63) is 54.1 Å². The zero-order chi connectivity index (χ0) is 18.2. The number of hydrogen-bond donors (Lipinski definition) is 2. The van der Waals surface area contributed by atoms with Gasteiger partial charge in [0.25, 0.3) is 0 Å². The molecule has 0 aliphatic carbocycles. The highest BCUT2D eigenvalue weighted by molar-refractivity contribution is 7.98. The first-order valence-electron chi connectivity index (χ1n) is 7.95. The minimum Gasteiger partial charge on any atom is -0.508 e. The molecule has 0 saturated heterocycles. The van der Waals surface area contributed by atoms with Gasteiger partial charge in [-0.2, -0.15) is 0 Å². The van der Waals surface area contributed by atoms with Gasteiger partial charge in [-0.25, -0.2) is 0 Å². The van der Waals surface area contributed by atoms with E-state index in [9.17, 15) is 14.7 Å². The summed E-state index contributed by atoms with van der Waals surface area (Å²) in [6.45, 7) is -0.0116. The van der Waals surface area contributed by atoms with Crippen molar-refractivity contribution in [3.63, 3.8) is 0 Å². The van der Waals surface area contributed by atoms with E-state index in [0.717, 1.165) is 16.1 Å². The van der Waals surface area contributed by atoms with Crippen LogP contribution < -0.4 is 5.32 Å². The van der Waals surface area contributed by atoms with Gasteiger partial charge in [-0.3, -0.25) is 9.59 Å². The molecule has 0 aliphatic heterocycles. The van der Waals surface area contributed by atoms with Crippen molar-refractivity contribution in [1.82, 2.24) is 4.90 Å². The number of carbonyl (C=O) groups is 2. The van der Waals surface area contributed by atoms with Gasteiger partial charge in [0.05, 0.1) is 12.2 Å². The van der Waals surface area contributed by atoms with Crippen molar-refractivity contribution < 1.29 is 14.7 Å². The first kappa shape index (κ1) is 18.9. The summed E-state index contributed by atoms with van der Waals surface area (Å²) in [5, 5.41) is 12.6. The average Bonchev–Trinajstić information content (AvgIpc) is 2.61. The Morgan fingerprint density at radius 3 is 2.52 bits per heavy atom. The van der Waals surface area contributed by atoms with Gasteiger partial charge in [0.1, 0.15) is 5.75 Å². The summed E-state index contributed by atoms with van der Waals surface area (Å²) in [5.74, 6) is -0.194. The summed E-state index contributed by atoms with van der Waals surface area (Å²) in [4.78, 5) is 26.7. The van der Waals surface area contributed by atoms with E-state index in [2.05, 4.69) is 5.32 Å². The van der Waals surface area contributed by atoms with Crippen molar-refractivity contribution in [2.75, 3.05) is 25.2 Å². The Labute approximate surface area is 152 Å². The number of anilines is 1. The third kappa shape index (κ3) is 5.53. The van der Waals surface area contributed by atoms with Crippen LogP contribution in [-0.4, -0.2) is 41.7 Å². The molecule has 0 heterocycles. The molecule has 2 amide bonds. The van der Waals surface area contributed by atoms with Crippen LogP contribution in [0.4, 0.5) is 5.69 Å². The molecule has 0 radical (unpaired) electrons. The number of hydrogen-bond acceptors (Lipinski definition) is 4. The Bertz CT molecular complexity index is 749. The van der Waals surface area contributed by atoms with E-state index >= 15 is 0 Å². The molecule has 6 heteroatoms. The van der Waals surface area contributed by atoms with E-state index in [0.29, 0.717) is 6.42 Å². The first-order chi connectivity index (χ1) is 12.0. The quantitative estimate of drug-likeness (QED) is 0.746. The predicted octanol–water partition coefficient (Wildman–Crippen LogP) is 3.14. The van der Waals surface area contributed by atoms with E-state index in [1.165, 1.54) is 4.90 Å². The van der Waals surface area contributed by atoms with Crippen molar-refractivity contribution in [1.29, 1.82) is 0 Å². The normalized spacial score (nSPS) is 10.3. The van der Waals surface area contributed by atoms with E-state index in [4.69, 9.17) is 0 Å². The molecule has 2 rings (SSSR count). The van der Waals surface area contributed by atoms with E-state index in [-0.39, 0.29) is 30.5 Å². The number of thioether (sulfide) groups is 1. The average molecular weight is 358 g/mol. The van der Waals surface area contributed by atoms with E-state index in [1.807, 2.05) is 36.6 Å². The van der Waals surface area contributed by atoms with Gasteiger partial charge < -0.3 is 15.3 Å². The lowest BCUT2D eigenvalue weighted by molar-refractivity contribution is -0.133. The Kier molecular flexibility index (Phi) is 6.89. The van der Waals surface area contributed by atoms with Crippen molar-refractivity contribution in [2.24, 2.45) is 0 Å². The Morgan fingerprint density at radius 1 is 1.12 bits per heavy atom. The lowest BCUT2D eigenvalue weighted by Gasteiger charge is -2.17. The van der Waals surface area contributed by atoms with Crippen molar-refractivity contribution in [3.8, 4) is 5.75 Å². The number of nitrogens with zero attached hydrogens (tertiary/aromatic N) is 1. The monoisotopic (exact) mass is 358 g/mol. The van der Waals surface area contributed by atoms with E-state index in [1.54, 1.807) is 37.0 Å². The molecule has 0 saturated carbocycles. The number of rotatable bonds is 7. The number of aromatic hydroxyl groups is 1. The molecule has 2 N–H and O–H groups in total. The number of likely N-dealkylation sites (N-methyl/N-ethyl adjacent to an activating group) is 1. The maximum absolute atomic E-state index is 12.2. The molecular formula is C19H22N2O3S. The fourth-order valence-electron chi connectivity index (χ4n) is 2.40.